The van der Waals surface area contributed by atoms with E-state index in [4.69, 9.17) is 4.42 Å². The summed E-state index contributed by atoms with van der Waals surface area (Å²) in [5.41, 5.74) is 1.22. The number of oxazole rings is 1. The zero-order valence-corrected chi connectivity index (χ0v) is 14.2. The molecule has 2 aromatic carbocycles. The van der Waals surface area contributed by atoms with Gasteiger partial charge >= 0.3 is 6.01 Å². The molecule has 6 nitrogen and oxygen atoms in total. The van der Waals surface area contributed by atoms with Crippen LogP contribution in [-0.2, 0) is 0 Å². The normalized spacial score (nSPS) is 10.3. The van der Waals surface area contributed by atoms with Gasteiger partial charge in [-0.15, -0.1) is 11.8 Å². The van der Waals surface area contributed by atoms with Crippen LogP contribution in [0.5, 0.6) is 0 Å². The van der Waals surface area contributed by atoms with Gasteiger partial charge < -0.3 is 9.73 Å². The second-order valence-corrected chi connectivity index (χ2v) is 5.92. The summed E-state index contributed by atoms with van der Waals surface area (Å²) in [7, 11) is 0. The van der Waals surface area contributed by atoms with Crippen LogP contribution in [-0.4, -0.2) is 23.1 Å². The molecule has 0 aliphatic carbocycles. The van der Waals surface area contributed by atoms with E-state index in [-0.39, 0.29) is 17.6 Å². The number of thioether (sulfide) groups is 1. The van der Waals surface area contributed by atoms with Crippen LogP contribution in [0.2, 0.25) is 0 Å². The Hall–Kier alpha value is -3.06. The number of nitrogens with one attached hydrogen (secondary N) is 2. The van der Waals surface area contributed by atoms with Crippen molar-refractivity contribution in [1.29, 1.82) is 0 Å². The summed E-state index contributed by atoms with van der Waals surface area (Å²) in [6.45, 7) is 0. The summed E-state index contributed by atoms with van der Waals surface area (Å²) in [5.74, 6) is -0.774. The van der Waals surface area contributed by atoms with E-state index in [1.165, 1.54) is 6.26 Å². The molecular formula is C18H15N3O3S. The standard InChI is InChI=1S/C18H15N3O3S/c1-25-14-9-5-8-13(10-14)19-17(23)15-11-24-18(20-15)21-16(22)12-6-3-2-4-7-12/h2-11H,1H3,(H,19,23)(H,20,21,22). The van der Waals surface area contributed by atoms with E-state index in [2.05, 4.69) is 15.6 Å². The second kappa shape index (κ2) is 7.67. The first-order chi connectivity index (χ1) is 12.2. The zero-order valence-electron chi connectivity index (χ0n) is 13.4. The second-order valence-electron chi connectivity index (χ2n) is 5.04. The number of benzene rings is 2. The number of hydrogen-bond acceptors (Lipinski definition) is 5. The maximum Gasteiger partial charge on any atom is 0.302 e. The molecule has 2 amide bonds. The summed E-state index contributed by atoms with van der Waals surface area (Å²) >= 11 is 1.58. The van der Waals surface area contributed by atoms with E-state index in [0.717, 1.165) is 4.90 Å². The van der Waals surface area contributed by atoms with E-state index < -0.39 is 5.91 Å². The highest BCUT2D eigenvalue weighted by atomic mass is 32.2. The molecule has 0 radical (unpaired) electrons. The van der Waals surface area contributed by atoms with Gasteiger partial charge in [0.1, 0.15) is 6.26 Å². The number of anilines is 2. The summed E-state index contributed by atoms with van der Waals surface area (Å²) in [6, 6.07) is 16.1. The Morgan fingerprint density at radius 3 is 2.56 bits per heavy atom. The van der Waals surface area contributed by atoms with Gasteiger partial charge in [-0.05, 0) is 36.6 Å². The molecule has 25 heavy (non-hydrogen) atoms. The fraction of sp³-hybridized carbons (Fsp3) is 0.0556. The van der Waals surface area contributed by atoms with Crippen molar-refractivity contribution in [3.05, 3.63) is 72.1 Å². The first-order valence-corrected chi connectivity index (χ1v) is 8.65. The van der Waals surface area contributed by atoms with Crippen LogP contribution < -0.4 is 10.6 Å². The average molecular weight is 353 g/mol. The minimum Gasteiger partial charge on any atom is -0.431 e. The molecule has 0 saturated carbocycles. The van der Waals surface area contributed by atoms with Crippen LogP contribution in [0, 0.1) is 0 Å². The molecule has 1 aromatic heterocycles. The van der Waals surface area contributed by atoms with Crippen LogP contribution in [0.25, 0.3) is 0 Å². The molecule has 0 aliphatic heterocycles. The van der Waals surface area contributed by atoms with Gasteiger partial charge in [-0.25, -0.2) is 0 Å². The van der Waals surface area contributed by atoms with Gasteiger partial charge in [0.05, 0.1) is 0 Å². The fourth-order valence-electron chi connectivity index (χ4n) is 2.09. The first kappa shape index (κ1) is 16.8. The molecule has 7 heteroatoms. The van der Waals surface area contributed by atoms with Gasteiger partial charge in [-0.2, -0.15) is 4.98 Å². The SMILES string of the molecule is CSc1cccc(NC(=O)c2coc(NC(=O)c3ccccc3)n2)c1. The predicted octanol–water partition coefficient (Wildman–Crippen LogP) is 3.90. The lowest BCUT2D eigenvalue weighted by molar-refractivity contribution is 0.101. The van der Waals surface area contributed by atoms with Crippen molar-refractivity contribution < 1.29 is 14.0 Å². The Labute approximate surface area is 148 Å². The number of carbonyl (C=O) groups excluding carboxylic acids is 2. The van der Waals surface area contributed by atoms with E-state index in [1.54, 1.807) is 42.1 Å². The smallest absolute Gasteiger partial charge is 0.302 e. The lowest BCUT2D eigenvalue weighted by atomic mass is 10.2. The lowest BCUT2D eigenvalue weighted by Gasteiger charge is -2.04. The number of rotatable bonds is 5. The van der Waals surface area contributed by atoms with Crippen molar-refractivity contribution in [2.24, 2.45) is 0 Å². The maximum atomic E-state index is 12.2. The van der Waals surface area contributed by atoms with Crippen molar-refractivity contribution >= 4 is 35.3 Å². The van der Waals surface area contributed by atoms with Crippen molar-refractivity contribution in [3.8, 4) is 0 Å². The topological polar surface area (TPSA) is 84.2 Å². The first-order valence-electron chi connectivity index (χ1n) is 7.43. The van der Waals surface area contributed by atoms with Crippen LogP contribution in [0.4, 0.5) is 11.7 Å². The number of hydrogen-bond donors (Lipinski definition) is 2. The lowest BCUT2D eigenvalue weighted by Crippen LogP contribution is -2.14. The molecular weight excluding hydrogens is 338 g/mol. The monoisotopic (exact) mass is 353 g/mol. The quantitative estimate of drug-likeness (QED) is 0.680. The van der Waals surface area contributed by atoms with E-state index in [0.29, 0.717) is 11.3 Å². The molecule has 0 bridgehead atoms. The van der Waals surface area contributed by atoms with Crippen molar-refractivity contribution in [1.82, 2.24) is 4.98 Å². The van der Waals surface area contributed by atoms with Crippen LogP contribution in [0.15, 0.2) is 70.2 Å². The van der Waals surface area contributed by atoms with Gasteiger partial charge in [-0.3, -0.25) is 14.9 Å². The highest BCUT2D eigenvalue weighted by molar-refractivity contribution is 7.98. The molecule has 1 heterocycles. The summed E-state index contributed by atoms with van der Waals surface area (Å²) in [5, 5.41) is 5.26. The third-order valence-corrected chi connectivity index (χ3v) is 4.05. The Morgan fingerprint density at radius 2 is 1.80 bits per heavy atom. The van der Waals surface area contributed by atoms with Gasteiger partial charge in [0.25, 0.3) is 11.8 Å². The Bertz CT molecular complexity index is 893. The fourth-order valence-corrected chi connectivity index (χ4v) is 2.55. The van der Waals surface area contributed by atoms with E-state index >= 15 is 0 Å². The molecule has 0 saturated heterocycles. The van der Waals surface area contributed by atoms with Gasteiger partial charge in [0, 0.05) is 16.1 Å². The van der Waals surface area contributed by atoms with Crippen molar-refractivity contribution in [2.45, 2.75) is 4.90 Å². The highest BCUT2D eigenvalue weighted by Gasteiger charge is 2.15. The largest absolute Gasteiger partial charge is 0.431 e. The van der Waals surface area contributed by atoms with Gasteiger partial charge in [0.2, 0.25) is 0 Å². The molecule has 0 spiro atoms. The molecule has 3 rings (SSSR count). The number of carbonyl (C=O) groups is 2. The third kappa shape index (κ3) is 4.27. The highest BCUT2D eigenvalue weighted by Crippen LogP contribution is 2.19. The van der Waals surface area contributed by atoms with Crippen molar-refractivity contribution in [3.63, 3.8) is 0 Å². The minimum absolute atomic E-state index is 0.0307. The van der Waals surface area contributed by atoms with Gasteiger partial charge in [0.15, 0.2) is 5.69 Å². The van der Waals surface area contributed by atoms with Gasteiger partial charge in [-0.1, -0.05) is 24.3 Å². The van der Waals surface area contributed by atoms with Crippen LogP contribution in [0.3, 0.4) is 0 Å². The Balaban J connectivity index is 1.66. The molecule has 0 atom stereocenters. The Morgan fingerprint density at radius 1 is 1.00 bits per heavy atom. The minimum atomic E-state index is -0.415. The predicted molar refractivity (Wildman–Crippen MR) is 97.1 cm³/mol. The summed E-state index contributed by atoms with van der Waals surface area (Å²) in [6.07, 6.45) is 3.16. The van der Waals surface area contributed by atoms with E-state index in [1.807, 2.05) is 30.5 Å². The number of amides is 2. The molecule has 0 unspecified atom stereocenters. The average Bonchev–Trinajstić information content (AvgIpc) is 3.11. The van der Waals surface area contributed by atoms with E-state index in [9.17, 15) is 9.59 Å². The zero-order chi connectivity index (χ0) is 17.6. The van der Waals surface area contributed by atoms with Crippen LogP contribution >= 0.6 is 11.8 Å². The molecule has 0 aliphatic rings. The molecule has 2 N–H and O–H groups in total. The summed E-state index contributed by atoms with van der Waals surface area (Å²) < 4.78 is 5.15. The molecule has 126 valence electrons. The molecule has 3 aromatic rings. The number of nitrogens with zero attached hydrogens (tertiary/aromatic N) is 1. The Kier molecular flexibility index (Phi) is 5.15. The maximum absolute atomic E-state index is 12.2. The van der Waals surface area contributed by atoms with Crippen LogP contribution in [0.1, 0.15) is 20.8 Å². The third-order valence-electron chi connectivity index (χ3n) is 3.32. The molecule has 0 fully saturated rings. The van der Waals surface area contributed by atoms with Crippen molar-refractivity contribution in [2.75, 3.05) is 16.9 Å². The number of aromatic nitrogens is 1. The summed E-state index contributed by atoms with van der Waals surface area (Å²) in [4.78, 5) is 29.3.